The van der Waals surface area contributed by atoms with Crippen molar-refractivity contribution in [2.24, 2.45) is 5.73 Å². The Hall–Kier alpha value is -0.0200. The summed E-state index contributed by atoms with van der Waals surface area (Å²) in [6.45, 7) is 1.43. The van der Waals surface area contributed by atoms with Crippen LogP contribution in [0.3, 0.4) is 0 Å². The Labute approximate surface area is 176 Å². The van der Waals surface area contributed by atoms with E-state index < -0.39 is 20.0 Å². The molecule has 1 atom stereocenters. The molecule has 27 heavy (non-hydrogen) atoms. The summed E-state index contributed by atoms with van der Waals surface area (Å²) in [5.74, 6) is 0. The second-order valence-corrected chi connectivity index (χ2v) is 9.63. The van der Waals surface area contributed by atoms with E-state index >= 15 is 0 Å². The lowest BCUT2D eigenvalue weighted by Gasteiger charge is -2.27. The van der Waals surface area contributed by atoms with E-state index in [1.54, 1.807) is 0 Å². The van der Waals surface area contributed by atoms with Gasteiger partial charge >= 0.3 is 7.82 Å². The third kappa shape index (κ3) is 10.9. The standard InChI is InChI=1S/C19H33INO5P/c1-2-3-4-5-6-7-8-16-9-10-17(18(20)13-16)11-12-19(21,14-22)15-26-27(23,24)25/h9-10,13,22H,2-8,11-12,14-15,21H2,1H3,(H2,23,24,25)/t19-/m0/s1. The van der Waals surface area contributed by atoms with Crippen molar-refractivity contribution >= 4 is 30.4 Å². The first kappa shape index (κ1) is 25.0. The van der Waals surface area contributed by atoms with Gasteiger partial charge in [0.05, 0.1) is 18.8 Å². The molecule has 0 aliphatic heterocycles. The van der Waals surface area contributed by atoms with E-state index in [-0.39, 0.29) is 6.61 Å². The van der Waals surface area contributed by atoms with E-state index in [1.807, 2.05) is 0 Å². The molecule has 0 spiro atoms. The van der Waals surface area contributed by atoms with Crippen molar-refractivity contribution in [3.8, 4) is 0 Å². The molecule has 1 rings (SSSR count). The van der Waals surface area contributed by atoms with Gasteiger partial charge in [-0.05, 0) is 65.5 Å². The maximum absolute atomic E-state index is 10.9. The summed E-state index contributed by atoms with van der Waals surface area (Å²) in [6, 6.07) is 6.40. The van der Waals surface area contributed by atoms with Gasteiger partial charge in [0.2, 0.25) is 0 Å². The number of phosphoric acid groups is 1. The van der Waals surface area contributed by atoms with Crippen molar-refractivity contribution in [3.63, 3.8) is 0 Å². The summed E-state index contributed by atoms with van der Waals surface area (Å²) in [4.78, 5) is 17.6. The topological polar surface area (TPSA) is 113 Å². The molecule has 0 heterocycles. The molecule has 1 aromatic carbocycles. The van der Waals surface area contributed by atoms with Gasteiger partial charge in [0.15, 0.2) is 0 Å². The number of aryl methyl sites for hydroxylation is 2. The Kier molecular flexibility index (Phi) is 11.6. The van der Waals surface area contributed by atoms with E-state index in [2.05, 4.69) is 52.2 Å². The van der Waals surface area contributed by atoms with Crippen LogP contribution in [-0.2, 0) is 21.9 Å². The van der Waals surface area contributed by atoms with Gasteiger partial charge in [0.1, 0.15) is 0 Å². The minimum absolute atomic E-state index is 0.371. The maximum atomic E-state index is 10.9. The summed E-state index contributed by atoms with van der Waals surface area (Å²) in [5.41, 5.74) is 7.28. The molecule has 0 unspecified atom stereocenters. The molecule has 0 saturated carbocycles. The minimum atomic E-state index is -4.60. The third-order valence-corrected chi connectivity index (χ3v) is 6.13. The first-order valence-corrected chi connectivity index (χ1v) is 12.2. The number of hydrogen-bond acceptors (Lipinski definition) is 4. The molecule has 6 nitrogen and oxygen atoms in total. The van der Waals surface area contributed by atoms with Crippen molar-refractivity contribution in [2.45, 2.75) is 70.3 Å². The number of nitrogens with two attached hydrogens (primary N) is 1. The van der Waals surface area contributed by atoms with Gasteiger partial charge < -0.3 is 20.6 Å². The maximum Gasteiger partial charge on any atom is 0.469 e. The lowest BCUT2D eigenvalue weighted by molar-refractivity contribution is 0.102. The Bertz CT molecular complexity index is 610. The van der Waals surface area contributed by atoms with Crippen molar-refractivity contribution < 1.29 is 24.0 Å². The van der Waals surface area contributed by atoms with Crippen LogP contribution in [0.2, 0.25) is 0 Å². The predicted molar refractivity (Wildman–Crippen MR) is 117 cm³/mol. The molecule has 0 aliphatic carbocycles. The summed E-state index contributed by atoms with van der Waals surface area (Å²) in [6.07, 6.45) is 9.75. The van der Waals surface area contributed by atoms with E-state index in [0.717, 1.165) is 15.6 Å². The van der Waals surface area contributed by atoms with Crippen LogP contribution in [0.1, 0.15) is 63.0 Å². The zero-order chi connectivity index (χ0) is 20.3. The quantitative estimate of drug-likeness (QED) is 0.170. The average Bonchev–Trinajstić information content (AvgIpc) is 2.61. The Balaban J connectivity index is 2.50. The molecular weight excluding hydrogens is 480 g/mol. The number of phosphoric ester groups is 1. The number of aliphatic hydroxyl groups excluding tert-OH is 1. The van der Waals surface area contributed by atoms with Crippen LogP contribution in [0.4, 0.5) is 0 Å². The van der Waals surface area contributed by atoms with Gasteiger partial charge in [-0.3, -0.25) is 4.52 Å². The molecule has 1 aromatic rings. The molecule has 156 valence electrons. The highest BCUT2D eigenvalue weighted by Gasteiger charge is 2.28. The SMILES string of the molecule is CCCCCCCCc1ccc(CC[C@](N)(CO)COP(=O)(O)O)c(I)c1. The van der Waals surface area contributed by atoms with E-state index in [4.69, 9.17) is 15.5 Å². The summed E-state index contributed by atoms with van der Waals surface area (Å²) >= 11 is 2.30. The lowest BCUT2D eigenvalue weighted by Crippen LogP contribution is -2.48. The van der Waals surface area contributed by atoms with Gasteiger partial charge in [0, 0.05) is 3.57 Å². The molecule has 0 amide bonds. The van der Waals surface area contributed by atoms with Crippen molar-refractivity contribution in [2.75, 3.05) is 13.2 Å². The van der Waals surface area contributed by atoms with Crippen LogP contribution in [0, 0.1) is 3.57 Å². The van der Waals surface area contributed by atoms with Crippen molar-refractivity contribution in [1.82, 2.24) is 0 Å². The Morgan fingerprint density at radius 2 is 1.81 bits per heavy atom. The minimum Gasteiger partial charge on any atom is -0.394 e. The van der Waals surface area contributed by atoms with Crippen LogP contribution in [0.5, 0.6) is 0 Å². The van der Waals surface area contributed by atoms with E-state index in [0.29, 0.717) is 12.8 Å². The molecule has 0 bridgehead atoms. The van der Waals surface area contributed by atoms with E-state index in [9.17, 15) is 9.67 Å². The van der Waals surface area contributed by atoms with E-state index in [1.165, 1.54) is 44.1 Å². The van der Waals surface area contributed by atoms with Crippen molar-refractivity contribution in [1.29, 1.82) is 0 Å². The van der Waals surface area contributed by atoms with Crippen LogP contribution in [0.25, 0.3) is 0 Å². The average molecular weight is 513 g/mol. The zero-order valence-electron chi connectivity index (χ0n) is 16.1. The second-order valence-electron chi connectivity index (χ2n) is 7.23. The number of benzene rings is 1. The lowest BCUT2D eigenvalue weighted by atomic mass is 9.93. The van der Waals surface area contributed by atoms with Gasteiger partial charge in [-0.2, -0.15) is 0 Å². The molecule has 0 aromatic heterocycles. The van der Waals surface area contributed by atoms with Crippen LogP contribution in [-0.4, -0.2) is 33.6 Å². The molecule has 5 N–H and O–H groups in total. The number of hydrogen-bond donors (Lipinski definition) is 4. The number of unbranched alkanes of at least 4 members (excludes halogenated alkanes) is 5. The van der Waals surface area contributed by atoms with Crippen LogP contribution in [0.15, 0.2) is 18.2 Å². The fourth-order valence-electron chi connectivity index (χ4n) is 2.85. The predicted octanol–water partition coefficient (Wildman–Crippen LogP) is 3.93. The molecule has 8 heteroatoms. The number of aliphatic hydroxyl groups is 1. The summed E-state index contributed by atoms with van der Waals surface area (Å²) < 4.78 is 16.5. The third-order valence-electron chi connectivity index (χ3n) is 4.66. The molecule has 0 radical (unpaired) electrons. The monoisotopic (exact) mass is 513 g/mol. The van der Waals surface area contributed by atoms with Gasteiger partial charge in [-0.1, -0.05) is 51.2 Å². The smallest absolute Gasteiger partial charge is 0.394 e. The molecular formula is C19H33INO5P. The van der Waals surface area contributed by atoms with Crippen molar-refractivity contribution in [3.05, 3.63) is 32.9 Å². The fourth-order valence-corrected chi connectivity index (χ4v) is 4.13. The number of halogens is 1. The largest absolute Gasteiger partial charge is 0.469 e. The second kappa shape index (κ2) is 12.5. The normalized spacial score (nSPS) is 14.3. The zero-order valence-corrected chi connectivity index (χ0v) is 19.1. The molecule has 0 saturated heterocycles. The first-order valence-electron chi connectivity index (χ1n) is 9.56. The highest BCUT2D eigenvalue weighted by atomic mass is 127. The Morgan fingerprint density at radius 3 is 2.41 bits per heavy atom. The van der Waals surface area contributed by atoms with Gasteiger partial charge in [-0.25, -0.2) is 4.57 Å². The van der Waals surface area contributed by atoms with Gasteiger partial charge in [0.25, 0.3) is 0 Å². The highest BCUT2D eigenvalue weighted by molar-refractivity contribution is 14.1. The highest BCUT2D eigenvalue weighted by Crippen LogP contribution is 2.37. The molecule has 0 fully saturated rings. The Morgan fingerprint density at radius 1 is 1.15 bits per heavy atom. The fraction of sp³-hybridized carbons (Fsp3) is 0.684. The summed E-state index contributed by atoms with van der Waals surface area (Å²) in [7, 11) is -4.60. The number of rotatable bonds is 14. The first-order chi connectivity index (χ1) is 12.7. The summed E-state index contributed by atoms with van der Waals surface area (Å²) in [5, 5.41) is 9.49. The van der Waals surface area contributed by atoms with Crippen LogP contribution >= 0.6 is 30.4 Å². The van der Waals surface area contributed by atoms with Gasteiger partial charge in [-0.15, -0.1) is 0 Å². The van der Waals surface area contributed by atoms with Crippen LogP contribution < -0.4 is 5.73 Å². The molecule has 0 aliphatic rings.